The summed E-state index contributed by atoms with van der Waals surface area (Å²) < 4.78 is 35.9. The second kappa shape index (κ2) is 8.77. The molecular formula is C15H19N3O8S. The number of nitrogens with zero attached hydrogens (tertiary/aromatic N) is 2. The number of amides is 2. The first-order chi connectivity index (χ1) is 12.8. The molecule has 1 aromatic carbocycles. The van der Waals surface area contributed by atoms with Gasteiger partial charge in [0.25, 0.3) is 5.91 Å². The Morgan fingerprint density at radius 3 is 2.56 bits per heavy atom. The number of hydrogen-bond acceptors (Lipinski definition) is 8. The first-order valence-electron chi connectivity index (χ1n) is 8.13. The van der Waals surface area contributed by atoms with Crippen LogP contribution in [0.15, 0.2) is 23.1 Å². The van der Waals surface area contributed by atoms with Gasteiger partial charge in [-0.2, -0.15) is 4.31 Å². The molecule has 0 unspecified atom stereocenters. The lowest BCUT2D eigenvalue weighted by Gasteiger charge is -2.15. The molecule has 0 spiro atoms. The standard InChI is InChI=1S/C15H19N3O8S/c1-2-25-15(20)16-14(19)10-26-13-6-5-11(9-12(13)18(21)22)27(23,24)17-7-3-4-8-17/h5-6,9H,2-4,7-8,10H2,1H3,(H,16,19,20). The fourth-order valence-corrected chi connectivity index (χ4v) is 4.00. The molecule has 0 aromatic heterocycles. The summed E-state index contributed by atoms with van der Waals surface area (Å²) in [7, 11) is -3.83. The zero-order valence-electron chi connectivity index (χ0n) is 14.5. The molecule has 1 N–H and O–H groups in total. The van der Waals surface area contributed by atoms with Gasteiger partial charge in [0.2, 0.25) is 10.0 Å². The van der Waals surface area contributed by atoms with Crippen LogP contribution in [0.25, 0.3) is 0 Å². The maximum absolute atomic E-state index is 12.5. The Hall–Kier alpha value is -2.73. The maximum Gasteiger partial charge on any atom is 0.413 e. The number of nitro groups is 1. The first-order valence-corrected chi connectivity index (χ1v) is 9.57. The van der Waals surface area contributed by atoms with Gasteiger partial charge in [-0.25, -0.2) is 13.2 Å². The Balaban J connectivity index is 2.15. The molecule has 0 aliphatic carbocycles. The number of nitrogens with one attached hydrogen (secondary N) is 1. The highest BCUT2D eigenvalue weighted by atomic mass is 32.2. The number of nitro benzene ring substituents is 1. The summed E-state index contributed by atoms with van der Waals surface area (Å²) in [6.45, 7) is 1.67. The van der Waals surface area contributed by atoms with E-state index in [0.29, 0.717) is 13.1 Å². The summed E-state index contributed by atoms with van der Waals surface area (Å²) in [5.74, 6) is -1.16. The molecule has 0 bridgehead atoms. The van der Waals surface area contributed by atoms with E-state index in [4.69, 9.17) is 4.74 Å². The van der Waals surface area contributed by atoms with Crippen molar-refractivity contribution in [3.63, 3.8) is 0 Å². The van der Waals surface area contributed by atoms with Gasteiger partial charge in [-0.15, -0.1) is 0 Å². The molecule has 148 valence electrons. The average molecular weight is 401 g/mol. The van der Waals surface area contributed by atoms with Gasteiger partial charge in [0.15, 0.2) is 12.4 Å². The van der Waals surface area contributed by atoms with Crippen LogP contribution in [0.1, 0.15) is 19.8 Å². The van der Waals surface area contributed by atoms with E-state index in [-0.39, 0.29) is 17.3 Å². The minimum absolute atomic E-state index is 0.0679. The molecule has 1 aromatic rings. The van der Waals surface area contributed by atoms with Crippen molar-refractivity contribution in [3.8, 4) is 5.75 Å². The number of imide groups is 1. The van der Waals surface area contributed by atoms with Gasteiger partial charge in [-0.3, -0.25) is 20.2 Å². The Bertz CT molecular complexity index is 833. The minimum Gasteiger partial charge on any atom is -0.477 e. The molecule has 1 fully saturated rings. The van der Waals surface area contributed by atoms with E-state index in [1.165, 1.54) is 10.4 Å². The number of sulfonamides is 1. The third kappa shape index (κ3) is 5.14. The zero-order valence-corrected chi connectivity index (χ0v) is 15.4. The minimum atomic E-state index is -3.83. The van der Waals surface area contributed by atoms with Crippen molar-refractivity contribution < 1.29 is 32.4 Å². The van der Waals surface area contributed by atoms with Crippen molar-refractivity contribution in [1.82, 2.24) is 9.62 Å². The van der Waals surface area contributed by atoms with Crippen LogP contribution in [0.5, 0.6) is 5.75 Å². The Morgan fingerprint density at radius 2 is 1.96 bits per heavy atom. The number of rotatable bonds is 7. The van der Waals surface area contributed by atoms with Crippen LogP contribution < -0.4 is 10.1 Å². The Labute approximate surface area is 155 Å². The summed E-state index contributed by atoms with van der Waals surface area (Å²) in [5, 5.41) is 13.1. The highest BCUT2D eigenvalue weighted by Gasteiger charge is 2.30. The normalized spacial score (nSPS) is 14.6. The summed E-state index contributed by atoms with van der Waals surface area (Å²) in [6.07, 6.45) is 0.503. The maximum atomic E-state index is 12.5. The van der Waals surface area contributed by atoms with Crippen LogP contribution in [0.2, 0.25) is 0 Å². The van der Waals surface area contributed by atoms with Crippen LogP contribution in [0.3, 0.4) is 0 Å². The van der Waals surface area contributed by atoms with E-state index < -0.39 is 39.2 Å². The average Bonchev–Trinajstić information content (AvgIpc) is 3.15. The van der Waals surface area contributed by atoms with Crippen molar-refractivity contribution >= 4 is 27.7 Å². The van der Waals surface area contributed by atoms with Crippen molar-refractivity contribution in [2.24, 2.45) is 0 Å². The van der Waals surface area contributed by atoms with E-state index in [1.54, 1.807) is 6.92 Å². The van der Waals surface area contributed by atoms with E-state index in [9.17, 15) is 28.1 Å². The predicted octanol–water partition coefficient (Wildman–Crippen LogP) is 1.03. The number of alkyl carbamates (subject to hydrolysis) is 1. The van der Waals surface area contributed by atoms with Crippen LogP contribution in [-0.4, -0.2) is 56.0 Å². The molecule has 0 radical (unpaired) electrons. The van der Waals surface area contributed by atoms with Crippen LogP contribution in [-0.2, 0) is 19.6 Å². The van der Waals surface area contributed by atoms with Gasteiger partial charge in [-0.1, -0.05) is 0 Å². The lowest BCUT2D eigenvalue weighted by molar-refractivity contribution is -0.386. The lowest BCUT2D eigenvalue weighted by Crippen LogP contribution is -2.34. The zero-order chi connectivity index (χ0) is 20.0. The van der Waals surface area contributed by atoms with E-state index in [0.717, 1.165) is 25.0 Å². The molecule has 1 aliphatic heterocycles. The monoisotopic (exact) mass is 401 g/mol. The highest BCUT2D eigenvalue weighted by Crippen LogP contribution is 2.31. The van der Waals surface area contributed by atoms with Gasteiger partial charge < -0.3 is 9.47 Å². The van der Waals surface area contributed by atoms with Crippen molar-refractivity contribution in [2.75, 3.05) is 26.3 Å². The van der Waals surface area contributed by atoms with Gasteiger partial charge in [-0.05, 0) is 31.9 Å². The second-order valence-electron chi connectivity index (χ2n) is 5.56. The van der Waals surface area contributed by atoms with Crippen molar-refractivity contribution in [3.05, 3.63) is 28.3 Å². The highest BCUT2D eigenvalue weighted by molar-refractivity contribution is 7.89. The summed E-state index contributed by atoms with van der Waals surface area (Å²) in [5.41, 5.74) is -0.598. The van der Waals surface area contributed by atoms with Crippen LogP contribution in [0.4, 0.5) is 10.5 Å². The fraction of sp³-hybridized carbons (Fsp3) is 0.467. The molecule has 1 aliphatic rings. The quantitative estimate of drug-likeness (QED) is 0.527. The molecular weight excluding hydrogens is 382 g/mol. The van der Waals surface area contributed by atoms with E-state index in [1.807, 2.05) is 5.32 Å². The van der Waals surface area contributed by atoms with Gasteiger partial charge in [0.05, 0.1) is 16.4 Å². The van der Waals surface area contributed by atoms with E-state index >= 15 is 0 Å². The molecule has 1 saturated heterocycles. The smallest absolute Gasteiger partial charge is 0.413 e. The SMILES string of the molecule is CCOC(=O)NC(=O)COc1ccc(S(=O)(=O)N2CCCC2)cc1[N+](=O)[O-]. The molecule has 1 heterocycles. The predicted molar refractivity (Wildman–Crippen MR) is 91.7 cm³/mol. The summed E-state index contributed by atoms with van der Waals surface area (Å²) >= 11 is 0. The Morgan fingerprint density at radius 1 is 1.30 bits per heavy atom. The molecule has 0 saturated carbocycles. The first kappa shape index (κ1) is 20.6. The number of carbonyl (C=O) groups excluding carboxylic acids is 2. The molecule has 2 rings (SSSR count). The van der Waals surface area contributed by atoms with Crippen LogP contribution in [0, 0.1) is 10.1 Å². The van der Waals surface area contributed by atoms with Crippen molar-refractivity contribution in [1.29, 1.82) is 0 Å². The summed E-state index contributed by atoms with van der Waals surface area (Å²) in [6, 6.07) is 3.18. The molecule has 27 heavy (non-hydrogen) atoms. The van der Waals surface area contributed by atoms with Gasteiger partial charge in [0, 0.05) is 19.2 Å². The number of benzene rings is 1. The number of hydrogen-bond donors (Lipinski definition) is 1. The molecule has 0 atom stereocenters. The topological polar surface area (TPSA) is 145 Å². The molecule has 2 amide bonds. The third-order valence-electron chi connectivity index (χ3n) is 3.71. The fourth-order valence-electron chi connectivity index (χ4n) is 2.46. The number of carbonyl (C=O) groups is 2. The van der Waals surface area contributed by atoms with Gasteiger partial charge >= 0.3 is 11.8 Å². The molecule has 11 nitrogen and oxygen atoms in total. The molecule has 12 heteroatoms. The summed E-state index contributed by atoms with van der Waals surface area (Å²) in [4.78, 5) is 33.0. The van der Waals surface area contributed by atoms with E-state index in [2.05, 4.69) is 4.74 Å². The largest absolute Gasteiger partial charge is 0.477 e. The third-order valence-corrected chi connectivity index (χ3v) is 5.60. The van der Waals surface area contributed by atoms with Crippen LogP contribution >= 0.6 is 0 Å². The van der Waals surface area contributed by atoms with Gasteiger partial charge in [0.1, 0.15) is 0 Å². The number of ether oxygens (including phenoxy) is 2. The Kier molecular flexibility index (Phi) is 6.69. The van der Waals surface area contributed by atoms with Crippen molar-refractivity contribution in [2.45, 2.75) is 24.7 Å². The lowest BCUT2D eigenvalue weighted by atomic mass is 10.3. The second-order valence-corrected chi connectivity index (χ2v) is 7.49.